The third-order valence-electron chi connectivity index (χ3n) is 2.56. The zero-order valence-corrected chi connectivity index (χ0v) is 9.19. The quantitative estimate of drug-likeness (QED) is 0.701. The van der Waals surface area contributed by atoms with Crippen LogP contribution >= 0.6 is 0 Å². The molecule has 2 rings (SSSR count). The Bertz CT molecular complexity index is 512. The van der Waals surface area contributed by atoms with Gasteiger partial charge in [-0.3, -0.25) is 9.20 Å². The van der Waals surface area contributed by atoms with E-state index < -0.39 is 0 Å². The summed E-state index contributed by atoms with van der Waals surface area (Å²) in [5, 5.41) is 0. The molecule has 2 aromatic rings. The van der Waals surface area contributed by atoms with Gasteiger partial charge in [0.15, 0.2) is 6.29 Å². The van der Waals surface area contributed by atoms with Gasteiger partial charge in [0.2, 0.25) is 0 Å². The van der Waals surface area contributed by atoms with Gasteiger partial charge in [0, 0.05) is 5.69 Å². The number of carbonyl (C=O) groups is 1. The van der Waals surface area contributed by atoms with Crippen LogP contribution in [0.4, 0.5) is 0 Å². The van der Waals surface area contributed by atoms with Crippen molar-refractivity contribution in [3.05, 3.63) is 35.3 Å². The molecule has 0 N–H and O–H groups in total. The molecule has 3 heteroatoms. The van der Waals surface area contributed by atoms with Crippen LogP contribution in [0.25, 0.3) is 5.65 Å². The van der Waals surface area contributed by atoms with Crippen molar-refractivity contribution in [3.8, 4) is 0 Å². The van der Waals surface area contributed by atoms with E-state index in [2.05, 4.69) is 4.98 Å². The predicted octanol–water partition coefficient (Wildman–Crippen LogP) is 2.58. The van der Waals surface area contributed by atoms with Gasteiger partial charge in [0.1, 0.15) is 11.3 Å². The van der Waals surface area contributed by atoms with Crippen LogP contribution in [-0.4, -0.2) is 15.7 Å². The van der Waals surface area contributed by atoms with E-state index in [0.717, 1.165) is 23.3 Å². The first-order valence-electron chi connectivity index (χ1n) is 5.08. The number of rotatable bonds is 2. The van der Waals surface area contributed by atoms with Gasteiger partial charge < -0.3 is 0 Å². The second-order valence-electron chi connectivity index (χ2n) is 4.02. The Morgan fingerprint density at radius 3 is 2.73 bits per heavy atom. The van der Waals surface area contributed by atoms with Crippen LogP contribution in [0, 0.1) is 6.92 Å². The first-order valence-corrected chi connectivity index (χ1v) is 5.08. The number of aryl methyl sites for hydroxylation is 1. The Kier molecular flexibility index (Phi) is 2.31. The van der Waals surface area contributed by atoms with E-state index in [4.69, 9.17) is 0 Å². The highest BCUT2D eigenvalue weighted by Crippen LogP contribution is 2.20. The summed E-state index contributed by atoms with van der Waals surface area (Å²) in [6.07, 6.45) is 0.891. The third-order valence-corrected chi connectivity index (χ3v) is 2.56. The molecule has 0 saturated carbocycles. The van der Waals surface area contributed by atoms with Crippen LogP contribution in [0.1, 0.15) is 41.6 Å². The van der Waals surface area contributed by atoms with Crippen LogP contribution in [0.5, 0.6) is 0 Å². The van der Waals surface area contributed by atoms with Crippen molar-refractivity contribution < 1.29 is 4.79 Å². The van der Waals surface area contributed by atoms with Gasteiger partial charge in [-0.2, -0.15) is 0 Å². The number of hydrogen-bond acceptors (Lipinski definition) is 2. The average Bonchev–Trinajstić information content (AvgIpc) is 2.57. The van der Waals surface area contributed by atoms with Crippen molar-refractivity contribution in [1.29, 1.82) is 0 Å². The molecule has 0 bridgehead atoms. The molecule has 0 aromatic carbocycles. The van der Waals surface area contributed by atoms with Crippen LogP contribution < -0.4 is 0 Å². The van der Waals surface area contributed by atoms with Crippen molar-refractivity contribution in [2.75, 3.05) is 0 Å². The Balaban J connectivity index is 2.86. The van der Waals surface area contributed by atoms with E-state index in [1.807, 2.05) is 43.4 Å². The molecule has 0 unspecified atom stereocenters. The summed E-state index contributed by atoms with van der Waals surface area (Å²) in [4.78, 5) is 15.6. The van der Waals surface area contributed by atoms with Crippen LogP contribution in [0.15, 0.2) is 18.2 Å². The van der Waals surface area contributed by atoms with Gasteiger partial charge in [0.05, 0.1) is 5.69 Å². The topological polar surface area (TPSA) is 34.4 Å². The fourth-order valence-corrected chi connectivity index (χ4v) is 1.84. The van der Waals surface area contributed by atoms with E-state index in [-0.39, 0.29) is 5.92 Å². The van der Waals surface area contributed by atoms with Crippen molar-refractivity contribution in [2.45, 2.75) is 26.7 Å². The lowest BCUT2D eigenvalue weighted by Gasteiger charge is -2.02. The van der Waals surface area contributed by atoms with Crippen LogP contribution in [-0.2, 0) is 0 Å². The zero-order chi connectivity index (χ0) is 11.0. The first-order chi connectivity index (χ1) is 7.15. The maximum absolute atomic E-state index is 11.1. The Morgan fingerprint density at radius 2 is 2.13 bits per heavy atom. The van der Waals surface area contributed by atoms with E-state index >= 15 is 0 Å². The molecular weight excluding hydrogens is 188 g/mol. The molecule has 0 aliphatic carbocycles. The number of fused-ring (bicyclic) bond motifs is 1. The van der Waals surface area contributed by atoms with E-state index in [1.54, 1.807) is 0 Å². The van der Waals surface area contributed by atoms with E-state index in [0.29, 0.717) is 5.69 Å². The minimum atomic E-state index is 0.268. The molecule has 0 amide bonds. The summed E-state index contributed by atoms with van der Waals surface area (Å²) in [5.41, 5.74) is 3.44. The molecule has 0 saturated heterocycles. The molecule has 0 atom stereocenters. The fourth-order valence-electron chi connectivity index (χ4n) is 1.84. The Morgan fingerprint density at radius 1 is 1.40 bits per heavy atom. The van der Waals surface area contributed by atoms with Gasteiger partial charge in [0.25, 0.3) is 0 Å². The summed E-state index contributed by atoms with van der Waals surface area (Å²) in [7, 11) is 0. The SMILES string of the molecule is Cc1cccc2nc(C(C)C)c(C=O)n12. The highest BCUT2D eigenvalue weighted by Gasteiger charge is 2.14. The highest BCUT2D eigenvalue weighted by molar-refractivity contribution is 5.77. The van der Waals surface area contributed by atoms with Crippen LogP contribution in [0.3, 0.4) is 0 Å². The number of imidazole rings is 1. The number of carbonyl (C=O) groups excluding carboxylic acids is 1. The molecule has 0 aliphatic heterocycles. The maximum Gasteiger partial charge on any atom is 0.168 e. The van der Waals surface area contributed by atoms with Crippen molar-refractivity contribution in [3.63, 3.8) is 0 Å². The smallest absolute Gasteiger partial charge is 0.168 e. The lowest BCUT2D eigenvalue weighted by Crippen LogP contribution is -1.99. The monoisotopic (exact) mass is 202 g/mol. The van der Waals surface area contributed by atoms with Gasteiger partial charge in [-0.25, -0.2) is 4.98 Å². The van der Waals surface area contributed by atoms with Gasteiger partial charge >= 0.3 is 0 Å². The molecule has 15 heavy (non-hydrogen) atoms. The van der Waals surface area contributed by atoms with Crippen molar-refractivity contribution in [1.82, 2.24) is 9.38 Å². The van der Waals surface area contributed by atoms with E-state index in [1.165, 1.54) is 0 Å². The summed E-state index contributed by atoms with van der Waals surface area (Å²) < 4.78 is 1.91. The first kappa shape index (κ1) is 9.90. The zero-order valence-electron chi connectivity index (χ0n) is 9.19. The van der Waals surface area contributed by atoms with Crippen LogP contribution in [0.2, 0.25) is 0 Å². The fraction of sp³-hybridized carbons (Fsp3) is 0.333. The van der Waals surface area contributed by atoms with Gasteiger partial charge in [-0.05, 0) is 25.0 Å². The molecule has 0 fully saturated rings. The van der Waals surface area contributed by atoms with Gasteiger partial charge in [-0.1, -0.05) is 19.9 Å². The maximum atomic E-state index is 11.1. The summed E-state index contributed by atoms with van der Waals surface area (Å²) in [6, 6.07) is 5.86. The lowest BCUT2D eigenvalue weighted by molar-refractivity contribution is 0.111. The Hall–Kier alpha value is -1.64. The number of aromatic nitrogens is 2. The summed E-state index contributed by atoms with van der Waals surface area (Å²) in [6.45, 7) is 6.07. The minimum Gasteiger partial charge on any atom is -0.296 e. The molecule has 0 spiro atoms. The predicted molar refractivity (Wildman–Crippen MR) is 59.4 cm³/mol. The second kappa shape index (κ2) is 3.50. The molecular formula is C12H14N2O. The number of nitrogens with zero attached hydrogens (tertiary/aromatic N) is 2. The normalized spacial score (nSPS) is 11.2. The lowest BCUT2D eigenvalue weighted by atomic mass is 10.1. The van der Waals surface area contributed by atoms with Gasteiger partial charge in [-0.15, -0.1) is 0 Å². The number of hydrogen-bond donors (Lipinski definition) is 0. The van der Waals surface area contributed by atoms with E-state index in [9.17, 15) is 4.79 Å². The summed E-state index contributed by atoms with van der Waals surface area (Å²) in [5.74, 6) is 0.268. The molecule has 3 nitrogen and oxygen atoms in total. The molecule has 2 heterocycles. The third kappa shape index (κ3) is 1.44. The van der Waals surface area contributed by atoms with Crippen molar-refractivity contribution in [2.24, 2.45) is 0 Å². The second-order valence-corrected chi connectivity index (χ2v) is 4.02. The number of aldehydes is 1. The largest absolute Gasteiger partial charge is 0.296 e. The number of pyridine rings is 1. The van der Waals surface area contributed by atoms with Crippen molar-refractivity contribution >= 4 is 11.9 Å². The minimum absolute atomic E-state index is 0.268. The standard InChI is InChI=1S/C12H14N2O/c1-8(2)12-10(7-15)14-9(3)5-4-6-11(14)13-12/h4-8H,1-3H3. The molecule has 2 aromatic heterocycles. The average molecular weight is 202 g/mol. The Labute approximate surface area is 88.8 Å². The highest BCUT2D eigenvalue weighted by atomic mass is 16.1. The summed E-state index contributed by atoms with van der Waals surface area (Å²) >= 11 is 0. The molecule has 0 aliphatic rings. The molecule has 0 radical (unpaired) electrons. The molecule has 78 valence electrons.